The van der Waals surface area contributed by atoms with Gasteiger partial charge in [-0.3, -0.25) is 4.79 Å². The largest absolute Gasteiger partial charge is 0.325 e. The fourth-order valence-electron chi connectivity index (χ4n) is 3.85. The molecule has 32 heavy (non-hydrogen) atoms. The van der Waals surface area contributed by atoms with E-state index in [-0.39, 0.29) is 11.7 Å². The third-order valence-electron chi connectivity index (χ3n) is 5.68. The summed E-state index contributed by atoms with van der Waals surface area (Å²) in [5, 5.41) is 4.52. The summed E-state index contributed by atoms with van der Waals surface area (Å²) < 4.78 is 27.3. The third-order valence-corrected chi connectivity index (χ3v) is 8.49. The van der Waals surface area contributed by atoms with E-state index < -0.39 is 10.0 Å². The van der Waals surface area contributed by atoms with E-state index >= 15 is 0 Å². The molecule has 3 aromatic rings. The molecule has 0 bridgehead atoms. The lowest BCUT2D eigenvalue weighted by atomic mass is 10.1. The van der Waals surface area contributed by atoms with Gasteiger partial charge in [0.25, 0.3) is 0 Å². The molecule has 0 saturated carbocycles. The van der Waals surface area contributed by atoms with E-state index in [4.69, 9.17) is 0 Å². The summed E-state index contributed by atoms with van der Waals surface area (Å²) in [4.78, 5) is 17.4. The molecule has 1 saturated heterocycles. The van der Waals surface area contributed by atoms with Gasteiger partial charge >= 0.3 is 0 Å². The van der Waals surface area contributed by atoms with Gasteiger partial charge in [0.15, 0.2) is 0 Å². The van der Waals surface area contributed by atoms with Crippen LogP contribution in [-0.4, -0.2) is 42.5 Å². The molecule has 1 amide bonds. The van der Waals surface area contributed by atoms with Gasteiger partial charge in [0.05, 0.1) is 21.2 Å². The van der Waals surface area contributed by atoms with Crippen molar-refractivity contribution in [3.8, 4) is 0 Å². The Morgan fingerprint density at radius 2 is 1.78 bits per heavy atom. The van der Waals surface area contributed by atoms with Crippen molar-refractivity contribution in [2.45, 2.75) is 43.5 Å². The van der Waals surface area contributed by atoms with Crippen LogP contribution in [-0.2, 0) is 14.8 Å². The number of thioether (sulfide) groups is 1. The number of nitrogens with zero attached hydrogens (tertiary/aromatic N) is 2. The number of hydrogen-bond acceptors (Lipinski definition) is 5. The number of carbonyl (C=O) groups is 1. The average molecular weight is 470 g/mol. The molecule has 0 atom stereocenters. The molecule has 0 radical (unpaired) electrons. The maximum Gasteiger partial charge on any atom is 0.243 e. The first-order chi connectivity index (χ1) is 15.2. The van der Waals surface area contributed by atoms with Crippen LogP contribution < -0.4 is 5.32 Å². The van der Waals surface area contributed by atoms with Gasteiger partial charge in [0.1, 0.15) is 0 Å². The van der Waals surface area contributed by atoms with Gasteiger partial charge in [-0.05, 0) is 80.6 Å². The Hall–Kier alpha value is -2.42. The van der Waals surface area contributed by atoms with Gasteiger partial charge in [-0.15, -0.1) is 0 Å². The Kier molecular flexibility index (Phi) is 6.55. The molecule has 4 rings (SSSR count). The number of carbonyl (C=O) groups excluding carboxylic acids is 1. The number of hydrogen-bond donors (Lipinski definition) is 1. The number of aromatic nitrogens is 1. The number of anilines is 1. The third kappa shape index (κ3) is 4.82. The van der Waals surface area contributed by atoms with Gasteiger partial charge < -0.3 is 5.32 Å². The van der Waals surface area contributed by atoms with Crippen molar-refractivity contribution in [1.29, 1.82) is 0 Å². The molecule has 1 fully saturated rings. The molecule has 168 valence electrons. The van der Waals surface area contributed by atoms with Gasteiger partial charge in [-0.2, -0.15) is 4.31 Å². The lowest BCUT2D eigenvalue weighted by Crippen LogP contribution is -2.27. The van der Waals surface area contributed by atoms with Crippen molar-refractivity contribution in [2.75, 3.05) is 24.2 Å². The number of fused-ring (bicyclic) bond motifs is 1. The minimum atomic E-state index is -3.47. The van der Waals surface area contributed by atoms with Crippen LogP contribution in [0.1, 0.15) is 29.5 Å². The van der Waals surface area contributed by atoms with Crippen LogP contribution in [0.2, 0.25) is 0 Å². The molecule has 1 N–H and O–H groups in total. The molecule has 0 unspecified atom stereocenters. The molecule has 2 aromatic carbocycles. The van der Waals surface area contributed by atoms with Crippen LogP contribution in [0.25, 0.3) is 10.9 Å². The van der Waals surface area contributed by atoms with Crippen molar-refractivity contribution in [2.24, 2.45) is 0 Å². The van der Waals surface area contributed by atoms with Crippen LogP contribution in [0.15, 0.2) is 52.4 Å². The van der Waals surface area contributed by atoms with Crippen LogP contribution in [0.5, 0.6) is 0 Å². The van der Waals surface area contributed by atoms with Crippen molar-refractivity contribution in [3.63, 3.8) is 0 Å². The summed E-state index contributed by atoms with van der Waals surface area (Å²) in [5.74, 6) is 0.155. The van der Waals surface area contributed by atoms with Gasteiger partial charge in [0, 0.05) is 24.2 Å². The Balaban J connectivity index is 1.49. The standard InChI is InChI=1S/C24H27N3O3S2/c1-16-6-7-17(2)22(12-16)25-23(28)15-31-24-13-18(3)20-14-19(8-9-21(20)26-24)32(29,30)27-10-4-5-11-27/h6-9,12-14H,4-5,10-11,15H2,1-3H3,(H,25,28). The molecule has 0 aliphatic carbocycles. The SMILES string of the molecule is Cc1ccc(C)c(NC(=O)CSc2cc(C)c3cc(S(=O)(=O)N4CCCC4)ccc3n2)c1. The van der Waals surface area contributed by atoms with E-state index in [0.29, 0.717) is 18.0 Å². The molecular weight excluding hydrogens is 442 g/mol. The molecule has 1 aliphatic heterocycles. The second-order valence-corrected chi connectivity index (χ2v) is 11.2. The highest BCUT2D eigenvalue weighted by atomic mass is 32.2. The number of rotatable bonds is 6. The van der Waals surface area contributed by atoms with Gasteiger partial charge in [-0.25, -0.2) is 13.4 Å². The summed E-state index contributed by atoms with van der Waals surface area (Å²) >= 11 is 1.37. The molecule has 6 nitrogen and oxygen atoms in total. The molecule has 1 aliphatic rings. The highest BCUT2D eigenvalue weighted by Gasteiger charge is 2.27. The van der Waals surface area contributed by atoms with Crippen molar-refractivity contribution >= 4 is 44.3 Å². The number of nitrogens with one attached hydrogen (secondary N) is 1. The molecule has 1 aromatic heterocycles. The van der Waals surface area contributed by atoms with E-state index in [2.05, 4.69) is 10.3 Å². The topological polar surface area (TPSA) is 79.4 Å². The highest BCUT2D eigenvalue weighted by molar-refractivity contribution is 7.99. The fourth-order valence-corrected chi connectivity index (χ4v) is 6.17. The Morgan fingerprint density at radius 3 is 2.53 bits per heavy atom. The smallest absolute Gasteiger partial charge is 0.243 e. The summed E-state index contributed by atoms with van der Waals surface area (Å²) in [7, 11) is -3.47. The van der Waals surface area contributed by atoms with E-state index in [0.717, 1.165) is 51.1 Å². The van der Waals surface area contributed by atoms with Crippen molar-refractivity contribution in [3.05, 3.63) is 59.2 Å². The normalized spacial score (nSPS) is 14.7. The second-order valence-electron chi connectivity index (χ2n) is 8.22. The highest BCUT2D eigenvalue weighted by Crippen LogP contribution is 2.28. The summed E-state index contributed by atoms with van der Waals surface area (Å²) in [6.07, 6.45) is 1.82. The minimum Gasteiger partial charge on any atom is -0.325 e. The first-order valence-electron chi connectivity index (χ1n) is 10.7. The van der Waals surface area contributed by atoms with E-state index in [9.17, 15) is 13.2 Å². The monoisotopic (exact) mass is 469 g/mol. The molecular formula is C24H27N3O3S2. The average Bonchev–Trinajstić information content (AvgIpc) is 3.30. The molecule has 0 spiro atoms. The molecule has 2 heterocycles. The van der Waals surface area contributed by atoms with Crippen LogP contribution in [0, 0.1) is 20.8 Å². The molecule has 8 heteroatoms. The van der Waals surface area contributed by atoms with Crippen LogP contribution in [0.4, 0.5) is 5.69 Å². The Morgan fingerprint density at radius 1 is 1.03 bits per heavy atom. The first-order valence-corrected chi connectivity index (χ1v) is 13.1. The Bertz CT molecular complexity index is 1280. The zero-order valence-electron chi connectivity index (χ0n) is 18.5. The number of pyridine rings is 1. The maximum absolute atomic E-state index is 12.9. The van der Waals surface area contributed by atoms with E-state index in [1.807, 2.05) is 45.0 Å². The summed E-state index contributed by atoms with van der Waals surface area (Å²) in [5.41, 5.74) is 4.60. The number of amides is 1. The first kappa shape index (κ1) is 22.8. The van der Waals surface area contributed by atoms with Crippen molar-refractivity contribution in [1.82, 2.24) is 9.29 Å². The summed E-state index contributed by atoms with van der Waals surface area (Å²) in [6.45, 7) is 7.06. The lowest BCUT2D eigenvalue weighted by molar-refractivity contribution is -0.113. The van der Waals surface area contributed by atoms with Crippen LogP contribution in [0.3, 0.4) is 0 Å². The zero-order valence-corrected chi connectivity index (χ0v) is 20.1. The van der Waals surface area contributed by atoms with E-state index in [1.54, 1.807) is 22.5 Å². The van der Waals surface area contributed by atoms with Crippen LogP contribution >= 0.6 is 11.8 Å². The second kappa shape index (κ2) is 9.21. The predicted molar refractivity (Wildman–Crippen MR) is 130 cm³/mol. The van der Waals surface area contributed by atoms with E-state index in [1.165, 1.54) is 11.8 Å². The van der Waals surface area contributed by atoms with Gasteiger partial charge in [-0.1, -0.05) is 23.9 Å². The van der Waals surface area contributed by atoms with Crippen molar-refractivity contribution < 1.29 is 13.2 Å². The van der Waals surface area contributed by atoms with Gasteiger partial charge in [0.2, 0.25) is 15.9 Å². The number of benzene rings is 2. The maximum atomic E-state index is 12.9. The summed E-state index contributed by atoms with van der Waals surface area (Å²) in [6, 6.07) is 13.0. The zero-order chi connectivity index (χ0) is 22.9. The quantitative estimate of drug-likeness (QED) is 0.531. The number of sulfonamides is 1. The number of aryl methyl sites for hydroxylation is 3. The minimum absolute atomic E-state index is 0.0877. The Labute approximate surface area is 193 Å². The predicted octanol–water partition coefficient (Wildman–Crippen LogP) is 4.68. The fraction of sp³-hybridized carbons (Fsp3) is 0.333. The lowest BCUT2D eigenvalue weighted by Gasteiger charge is -2.16.